The second-order valence-corrected chi connectivity index (χ2v) is 4.73. The van der Waals surface area contributed by atoms with E-state index in [9.17, 15) is 0 Å². The molecule has 0 amide bonds. The molecular weight excluding hydrogens is 322 g/mol. The van der Waals surface area contributed by atoms with Crippen molar-refractivity contribution in [2.24, 2.45) is 0 Å². The van der Waals surface area contributed by atoms with Gasteiger partial charge in [0.25, 0.3) is 0 Å². The van der Waals surface area contributed by atoms with Crippen LogP contribution in [-0.4, -0.2) is 0 Å². The van der Waals surface area contributed by atoms with Crippen LogP contribution in [-0.2, 0) is 6.54 Å². The minimum Gasteiger partial charge on any atom is -0.466 e. The Hall–Kier alpha value is -0.740. The molecule has 0 fully saturated rings. The number of furan rings is 1. The molecule has 1 N–H and O–H groups in total. The normalized spacial score (nSPS) is 10.3. The molecule has 1 aromatic heterocycles. The lowest BCUT2D eigenvalue weighted by Gasteiger charge is -2.06. The van der Waals surface area contributed by atoms with Crippen LogP contribution in [0.2, 0.25) is 0 Å². The Bertz CT molecular complexity index is 453. The minimum absolute atomic E-state index is 0.663. The molecule has 0 saturated carbocycles. The van der Waals surface area contributed by atoms with Crippen molar-refractivity contribution in [1.82, 2.24) is 0 Å². The molecule has 0 aliphatic carbocycles. The van der Waals surface area contributed by atoms with E-state index in [1.54, 1.807) is 6.26 Å². The first-order chi connectivity index (χ1) is 7.27. The van der Waals surface area contributed by atoms with Gasteiger partial charge in [0.2, 0.25) is 0 Å². The number of benzene rings is 1. The average Bonchev–Trinajstić information content (AvgIpc) is 2.63. The van der Waals surface area contributed by atoms with Crippen LogP contribution in [0.25, 0.3) is 0 Å². The van der Waals surface area contributed by atoms with Gasteiger partial charge in [0, 0.05) is 10.2 Å². The zero-order valence-electron chi connectivity index (χ0n) is 7.84. The fourth-order valence-electron chi connectivity index (χ4n) is 1.23. The predicted octanol–water partition coefficient (Wildman–Crippen LogP) is 4.42. The topological polar surface area (TPSA) is 25.2 Å². The van der Waals surface area contributed by atoms with Gasteiger partial charge in [-0.2, -0.15) is 0 Å². The first-order valence-corrected chi connectivity index (χ1v) is 6.06. The Labute approximate surface area is 105 Å². The monoisotopic (exact) mass is 329 g/mol. The summed E-state index contributed by atoms with van der Waals surface area (Å²) in [7, 11) is 0. The molecule has 0 atom stereocenters. The summed E-state index contributed by atoms with van der Waals surface area (Å²) >= 11 is 6.89. The van der Waals surface area contributed by atoms with Crippen molar-refractivity contribution >= 4 is 37.5 Å². The Balaban J connectivity index is 2.06. The quantitative estimate of drug-likeness (QED) is 0.901. The Morgan fingerprint density at radius 1 is 1.07 bits per heavy atom. The molecule has 2 rings (SSSR count). The Kier molecular flexibility index (Phi) is 3.49. The number of hydrogen-bond acceptors (Lipinski definition) is 2. The molecule has 2 aromatic rings. The van der Waals surface area contributed by atoms with E-state index in [4.69, 9.17) is 4.42 Å². The number of hydrogen-bond donors (Lipinski definition) is 1. The van der Waals surface area contributed by atoms with E-state index in [-0.39, 0.29) is 0 Å². The largest absolute Gasteiger partial charge is 0.466 e. The highest BCUT2D eigenvalue weighted by atomic mass is 79.9. The van der Waals surface area contributed by atoms with E-state index in [2.05, 4.69) is 37.2 Å². The van der Waals surface area contributed by atoms with Crippen LogP contribution < -0.4 is 5.32 Å². The molecule has 0 spiro atoms. The van der Waals surface area contributed by atoms with Gasteiger partial charge in [0.1, 0.15) is 5.76 Å². The van der Waals surface area contributed by atoms with E-state index >= 15 is 0 Å². The molecule has 15 heavy (non-hydrogen) atoms. The van der Waals surface area contributed by atoms with Gasteiger partial charge in [0.05, 0.1) is 17.3 Å². The maximum atomic E-state index is 5.30. The van der Waals surface area contributed by atoms with Crippen molar-refractivity contribution in [3.8, 4) is 0 Å². The van der Waals surface area contributed by atoms with Gasteiger partial charge in [-0.15, -0.1) is 0 Å². The maximum Gasteiger partial charge on any atom is 0.136 e. The van der Waals surface area contributed by atoms with Crippen LogP contribution in [0.1, 0.15) is 5.76 Å². The standard InChI is InChI=1S/C11H9Br2NO/c12-8-3-1-2-4-10(8)14-7-11-9(13)5-6-15-11/h1-6,14H,7H2. The molecule has 0 aliphatic heterocycles. The number of rotatable bonds is 3. The second kappa shape index (κ2) is 4.86. The third-order valence-corrected chi connectivity index (χ3v) is 3.40. The fraction of sp³-hybridized carbons (Fsp3) is 0.0909. The lowest BCUT2D eigenvalue weighted by molar-refractivity contribution is 0.516. The summed E-state index contributed by atoms with van der Waals surface area (Å²) in [5, 5.41) is 3.29. The van der Waals surface area contributed by atoms with Gasteiger partial charge in [-0.3, -0.25) is 0 Å². The molecule has 2 nitrogen and oxygen atoms in total. The van der Waals surface area contributed by atoms with E-state index in [0.717, 1.165) is 20.4 Å². The molecule has 78 valence electrons. The molecule has 1 aromatic carbocycles. The van der Waals surface area contributed by atoms with E-state index in [1.807, 2.05) is 30.3 Å². The number of nitrogens with one attached hydrogen (secondary N) is 1. The third-order valence-electron chi connectivity index (χ3n) is 2.00. The number of halogens is 2. The molecule has 4 heteroatoms. The molecule has 0 saturated heterocycles. The molecule has 0 bridgehead atoms. The summed E-state index contributed by atoms with van der Waals surface area (Å²) in [6, 6.07) is 9.87. The molecule has 0 radical (unpaired) electrons. The van der Waals surface area contributed by atoms with E-state index in [0.29, 0.717) is 6.54 Å². The first kappa shape index (κ1) is 10.8. The van der Waals surface area contributed by atoms with Gasteiger partial charge in [-0.1, -0.05) is 12.1 Å². The highest BCUT2D eigenvalue weighted by Gasteiger charge is 2.03. The SMILES string of the molecule is Brc1ccccc1NCc1occc1Br. The van der Waals surface area contributed by atoms with Crippen LogP contribution >= 0.6 is 31.9 Å². The second-order valence-electron chi connectivity index (χ2n) is 3.03. The lowest BCUT2D eigenvalue weighted by Crippen LogP contribution is -1.99. The summed E-state index contributed by atoms with van der Waals surface area (Å²) in [5.41, 5.74) is 1.06. The van der Waals surface area contributed by atoms with Gasteiger partial charge in [-0.25, -0.2) is 0 Å². The predicted molar refractivity (Wildman–Crippen MR) is 67.9 cm³/mol. The van der Waals surface area contributed by atoms with Crippen LogP contribution in [0.4, 0.5) is 5.69 Å². The lowest BCUT2D eigenvalue weighted by atomic mass is 10.3. The van der Waals surface area contributed by atoms with Crippen LogP contribution in [0.3, 0.4) is 0 Å². The summed E-state index contributed by atoms with van der Waals surface area (Å²) < 4.78 is 7.34. The zero-order chi connectivity index (χ0) is 10.7. The highest BCUT2D eigenvalue weighted by Crippen LogP contribution is 2.23. The highest BCUT2D eigenvalue weighted by molar-refractivity contribution is 9.10. The molecule has 0 aliphatic rings. The summed E-state index contributed by atoms with van der Waals surface area (Å²) in [6.07, 6.45) is 1.67. The summed E-state index contributed by atoms with van der Waals surface area (Å²) in [5.74, 6) is 0.894. The third kappa shape index (κ3) is 2.63. The van der Waals surface area contributed by atoms with E-state index < -0.39 is 0 Å². The van der Waals surface area contributed by atoms with Crippen LogP contribution in [0.5, 0.6) is 0 Å². The smallest absolute Gasteiger partial charge is 0.136 e. The van der Waals surface area contributed by atoms with Gasteiger partial charge in [-0.05, 0) is 50.1 Å². The van der Waals surface area contributed by atoms with Gasteiger partial charge < -0.3 is 9.73 Å². The number of anilines is 1. The van der Waals surface area contributed by atoms with Crippen molar-refractivity contribution < 1.29 is 4.42 Å². The maximum absolute atomic E-state index is 5.30. The van der Waals surface area contributed by atoms with Crippen LogP contribution in [0, 0.1) is 0 Å². The molecule has 0 unspecified atom stereocenters. The van der Waals surface area contributed by atoms with Crippen molar-refractivity contribution in [1.29, 1.82) is 0 Å². The van der Waals surface area contributed by atoms with Crippen molar-refractivity contribution in [3.05, 3.63) is 51.3 Å². The Morgan fingerprint density at radius 2 is 1.87 bits per heavy atom. The molecule has 1 heterocycles. The van der Waals surface area contributed by atoms with Crippen molar-refractivity contribution in [2.45, 2.75) is 6.54 Å². The Morgan fingerprint density at radius 3 is 2.53 bits per heavy atom. The van der Waals surface area contributed by atoms with Crippen LogP contribution in [0.15, 0.2) is 50.0 Å². The summed E-state index contributed by atoms with van der Waals surface area (Å²) in [4.78, 5) is 0. The van der Waals surface area contributed by atoms with Crippen molar-refractivity contribution in [2.75, 3.05) is 5.32 Å². The fourth-order valence-corrected chi connectivity index (χ4v) is 2.00. The molecular formula is C11H9Br2NO. The van der Waals surface area contributed by atoms with E-state index in [1.165, 1.54) is 0 Å². The first-order valence-electron chi connectivity index (χ1n) is 4.47. The summed E-state index contributed by atoms with van der Waals surface area (Å²) in [6.45, 7) is 0.663. The van der Waals surface area contributed by atoms with Gasteiger partial charge in [0.15, 0.2) is 0 Å². The zero-order valence-corrected chi connectivity index (χ0v) is 11.0. The number of para-hydroxylation sites is 1. The minimum atomic E-state index is 0.663. The van der Waals surface area contributed by atoms with Gasteiger partial charge >= 0.3 is 0 Å². The average molecular weight is 331 g/mol. The van der Waals surface area contributed by atoms with Crippen molar-refractivity contribution in [3.63, 3.8) is 0 Å².